The molecule has 6 nitrogen and oxygen atoms in total. The summed E-state index contributed by atoms with van der Waals surface area (Å²) < 4.78 is 23.2. The molecule has 1 unspecified atom stereocenters. The molecule has 1 aromatic carbocycles. The highest BCUT2D eigenvalue weighted by Crippen LogP contribution is 2.24. The van der Waals surface area contributed by atoms with E-state index >= 15 is 0 Å². The molecule has 1 aliphatic heterocycles. The average Bonchev–Trinajstić information content (AvgIpc) is 3.15. The highest BCUT2D eigenvalue weighted by Gasteiger charge is 2.23. The van der Waals surface area contributed by atoms with E-state index in [1.165, 1.54) is 18.4 Å². The molecule has 1 atom stereocenters. The van der Waals surface area contributed by atoms with Gasteiger partial charge >= 0.3 is 0 Å². The summed E-state index contributed by atoms with van der Waals surface area (Å²) in [5.41, 5.74) is 1.29. The molecule has 25 heavy (non-hydrogen) atoms. The van der Waals surface area contributed by atoms with Crippen molar-refractivity contribution in [2.45, 2.75) is 25.8 Å². The summed E-state index contributed by atoms with van der Waals surface area (Å²) >= 11 is 0. The van der Waals surface area contributed by atoms with Gasteiger partial charge in [-0.15, -0.1) is 0 Å². The third kappa shape index (κ3) is 6.32. The van der Waals surface area contributed by atoms with E-state index in [0.29, 0.717) is 18.5 Å². The molecule has 1 aliphatic rings. The minimum Gasteiger partial charge on any atom is -0.355 e. The predicted octanol–water partition coefficient (Wildman–Crippen LogP) is 1.42. The van der Waals surface area contributed by atoms with Crippen molar-refractivity contribution in [1.29, 1.82) is 0 Å². The number of guanidine groups is 1. The molecule has 7 heteroatoms. The van der Waals surface area contributed by atoms with Crippen LogP contribution in [0.1, 0.15) is 31.4 Å². The summed E-state index contributed by atoms with van der Waals surface area (Å²) in [6.07, 6.45) is 2.48. The maximum atomic E-state index is 11.6. The van der Waals surface area contributed by atoms with E-state index in [9.17, 15) is 8.42 Å². The molecule has 2 rings (SSSR count). The highest BCUT2D eigenvalue weighted by atomic mass is 32.2. The van der Waals surface area contributed by atoms with Crippen LogP contribution in [0.3, 0.4) is 0 Å². The van der Waals surface area contributed by atoms with Gasteiger partial charge in [-0.2, -0.15) is 0 Å². The summed E-state index contributed by atoms with van der Waals surface area (Å²) in [5.74, 6) is 0.941. The van der Waals surface area contributed by atoms with Crippen molar-refractivity contribution in [3.8, 4) is 0 Å². The Hall–Kier alpha value is -1.60. The number of nitrogens with one attached hydrogen (secondary N) is 2. The maximum absolute atomic E-state index is 11.6. The number of hydrogen-bond acceptors (Lipinski definition) is 4. The van der Waals surface area contributed by atoms with Gasteiger partial charge in [-0.05, 0) is 31.5 Å². The zero-order chi connectivity index (χ0) is 18.1. The Bertz CT molecular complexity index is 640. The Labute approximate surface area is 151 Å². The lowest BCUT2D eigenvalue weighted by Crippen LogP contribution is -2.43. The van der Waals surface area contributed by atoms with E-state index in [-0.39, 0.29) is 11.5 Å². The van der Waals surface area contributed by atoms with E-state index in [1.807, 2.05) is 6.07 Å². The van der Waals surface area contributed by atoms with Gasteiger partial charge in [0.05, 0.1) is 11.8 Å². The molecule has 0 radical (unpaired) electrons. The van der Waals surface area contributed by atoms with Crippen LogP contribution in [0.25, 0.3) is 0 Å². The Kier molecular flexibility index (Phi) is 7.71. The van der Waals surface area contributed by atoms with Crippen molar-refractivity contribution in [1.82, 2.24) is 15.5 Å². The van der Waals surface area contributed by atoms with Gasteiger partial charge in [0.2, 0.25) is 0 Å². The van der Waals surface area contributed by atoms with Crippen molar-refractivity contribution in [3.05, 3.63) is 35.9 Å². The molecular weight excluding hydrogens is 336 g/mol. The first kappa shape index (κ1) is 19.7. The summed E-state index contributed by atoms with van der Waals surface area (Å²) in [6.45, 7) is 5.01. The fourth-order valence-corrected chi connectivity index (χ4v) is 3.77. The van der Waals surface area contributed by atoms with Crippen LogP contribution in [0, 0.1) is 0 Å². The van der Waals surface area contributed by atoms with Crippen molar-refractivity contribution in [3.63, 3.8) is 0 Å². The fraction of sp³-hybridized carbons (Fsp3) is 0.611. The van der Waals surface area contributed by atoms with Gasteiger partial charge in [0.15, 0.2) is 15.8 Å². The molecule has 1 aromatic rings. The standard InChI is InChI=1S/C18H30N4O2S/c1-3-25(23,24)14-11-20-18(19-2)21-15-17(22-12-7-8-13-22)16-9-5-4-6-10-16/h4-6,9-10,17H,3,7-8,11-15H2,1-2H3,(H2,19,20,21). The molecular formula is C18H30N4O2S. The van der Waals surface area contributed by atoms with Crippen LogP contribution in [0.2, 0.25) is 0 Å². The van der Waals surface area contributed by atoms with E-state index in [1.54, 1.807) is 14.0 Å². The molecule has 2 N–H and O–H groups in total. The van der Waals surface area contributed by atoms with Crippen LogP contribution in [0.4, 0.5) is 0 Å². The zero-order valence-electron chi connectivity index (χ0n) is 15.2. The lowest BCUT2D eigenvalue weighted by molar-refractivity contribution is 0.245. The van der Waals surface area contributed by atoms with E-state index in [2.05, 4.69) is 44.8 Å². The highest BCUT2D eigenvalue weighted by molar-refractivity contribution is 7.91. The number of nitrogens with zero attached hydrogens (tertiary/aromatic N) is 2. The van der Waals surface area contributed by atoms with Crippen molar-refractivity contribution in [2.24, 2.45) is 4.99 Å². The molecule has 1 heterocycles. The Morgan fingerprint density at radius 2 is 1.88 bits per heavy atom. The van der Waals surface area contributed by atoms with Crippen molar-refractivity contribution in [2.75, 3.05) is 44.7 Å². The van der Waals surface area contributed by atoms with Gasteiger partial charge in [-0.1, -0.05) is 37.3 Å². The Balaban J connectivity index is 1.92. The molecule has 0 aliphatic carbocycles. The third-order valence-electron chi connectivity index (χ3n) is 4.60. The Morgan fingerprint density at radius 1 is 1.20 bits per heavy atom. The maximum Gasteiger partial charge on any atom is 0.191 e. The topological polar surface area (TPSA) is 73.8 Å². The fourth-order valence-electron chi connectivity index (χ4n) is 3.07. The minimum absolute atomic E-state index is 0.123. The summed E-state index contributed by atoms with van der Waals surface area (Å²) in [5, 5.41) is 6.45. The lowest BCUT2D eigenvalue weighted by Gasteiger charge is -2.29. The van der Waals surface area contributed by atoms with Crippen LogP contribution in [-0.2, 0) is 9.84 Å². The molecule has 0 aromatic heterocycles. The number of hydrogen-bond donors (Lipinski definition) is 2. The molecule has 0 amide bonds. The van der Waals surface area contributed by atoms with Gasteiger partial charge in [-0.3, -0.25) is 9.89 Å². The predicted molar refractivity (Wildman–Crippen MR) is 104 cm³/mol. The van der Waals surface area contributed by atoms with Gasteiger partial charge in [0, 0.05) is 25.9 Å². The quantitative estimate of drug-likeness (QED) is 0.538. The smallest absolute Gasteiger partial charge is 0.191 e. The average molecular weight is 367 g/mol. The second-order valence-electron chi connectivity index (χ2n) is 6.29. The van der Waals surface area contributed by atoms with Crippen molar-refractivity contribution < 1.29 is 8.42 Å². The molecule has 0 saturated carbocycles. The van der Waals surface area contributed by atoms with Crippen LogP contribution in [0.15, 0.2) is 35.3 Å². The van der Waals surface area contributed by atoms with Gasteiger partial charge in [0.1, 0.15) is 0 Å². The van der Waals surface area contributed by atoms with E-state index in [0.717, 1.165) is 19.6 Å². The van der Waals surface area contributed by atoms with Crippen molar-refractivity contribution >= 4 is 15.8 Å². The monoisotopic (exact) mass is 366 g/mol. The summed E-state index contributed by atoms with van der Waals surface area (Å²) in [7, 11) is -1.26. The summed E-state index contributed by atoms with van der Waals surface area (Å²) in [4.78, 5) is 6.70. The number of aliphatic imine (C=N–C) groups is 1. The zero-order valence-corrected chi connectivity index (χ0v) is 16.1. The first-order valence-electron chi connectivity index (χ1n) is 8.99. The van der Waals surface area contributed by atoms with Crippen LogP contribution < -0.4 is 10.6 Å². The molecule has 1 saturated heterocycles. The molecule has 1 fully saturated rings. The molecule has 0 spiro atoms. The number of rotatable bonds is 8. The normalized spacial score (nSPS) is 17.4. The largest absolute Gasteiger partial charge is 0.355 e. The molecule has 0 bridgehead atoms. The minimum atomic E-state index is -2.96. The van der Waals surface area contributed by atoms with Gasteiger partial charge in [-0.25, -0.2) is 8.42 Å². The summed E-state index contributed by atoms with van der Waals surface area (Å²) in [6, 6.07) is 10.8. The lowest BCUT2D eigenvalue weighted by atomic mass is 10.1. The van der Waals surface area contributed by atoms with Crippen LogP contribution in [-0.4, -0.2) is 64.0 Å². The van der Waals surface area contributed by atoms with Gasteiger partial charge in [0.25, 0.3) is 0 Å². The van der Waals surface area contributed by atoms with Crippen LogP contribution >= 0.6 is 0 Å². The number of benzene rings is 1. The first-order valence-corrected chi connectivity index (χ1v) is 10.8. The van der Waals surface area contributed by atoms with Crippen LogP contribution in [0.5, 0.6) is 0 Å². The Morgan fingerprint density at radius 3 is 2.48 bits per heavy atom. The second-order valence-corrected chi connectivity index (χ2v) is 8.76. The van der Waals surface area contributed by atoms with Gasteiger partial charge < -0.3 is 10.6 Å². The second kappa shape index (κ2) is 9.77. The first-order chi connectivity index (χ1) is 12.1. The third-order valence-corrected chi connectivity index (χ3v) is 6.30. The molecule has 140 valence electrons. The SMILES string of the molecule is CCS(=O)(=O)CCNC(=NC)NCC(c1ccccc1)N1CCCC1. The van der Waals surface area contributed by atoms with E-state index in [4.69, 9.17) is 0 Å². The number of sulfone groups is 1. The van der Waals surface area contributed by atoms with E-state index < -0.39 is 9.84 Å². The number of likely N-dealkylation sites (tertiary alicyclic amines) is 1.